The Labute approximate surface area is 159 Å². The fourth-order valence-electron chi connectivity index (χ4n) is 2.85. The zero-order chi connectivity index (χ0) is 20.1. The van der Waals surface area contributed by atoms with Gasteiger partial charge in [0.25, 0.3) is 5.69 Å². The number of methoxy groups -OCH3 is 1. The van der Waals surface area contributed by atoms with E-state index in [0.29, 0.717) is 11.3 Å². The van der Waals surface area contributed by atoms with Gasteiger partial charge in [-0.1, -0.05) is 29.8 Å². The van der Waals surface area contributed by atoms with Crippen LogP contribution in [0.1, 0.15) is 42.6 Å². The largest absolute Gasteiger partial charge is 0.496 e. The molecule has 0 aliphatic rings. The van der Waals surface area contributed by atoms with E-state index in [1.54, 1.807) is 26.3 Å². The number of hydrogen-bond acceptors (Lipinski definition) is 4. The highest BCUT2D eigenvalue weighted by atomic mass is 16.6. The van der Waals surface area contributed by atoms with E-state index in [2.05, 4.69) is 5.32 Å². The highest BCUT2D eigenvalue weighted by Crippen LogP contribution is 2.27. The van der Waals surface area contributed by atoms with Crippen molar-refractivity contribution in [2.75, 3.05) is 14.2 Å². The SMILES string of the molecule is COc1ccc(C)cc1[C@@H](C)NC(=O)N(C)[C@H](C)c1cccc([N+](=O)[O-])c1. The molecule has 0 unspecified atom stereocenters. The van der Waals surface area contributed by atoms with Crippen molar-refractivity contribution in [1.82, 2.24) is 10.2 Å². The van der Waals surface area contributed by atoms with Crippen molar-refractivity contribution in [3.63, 3.8) is 0 Å². The van der Waals surface area contributed by atoms with Crippen LogP contribution in [-0.2, 0) is 0 Å². The molecule has 0 aromatic heterocycles. The summed E-state index contributed by atoms with van der Waals surface area (Å²) in [7, 11) is 3.26. The van der Waals surface area contributed by atoms with E-state index in [0.717, 1.165) is 11.1 Å². The Morgan fingerprint density at radius 1 is 1.22 bits per heavy atom. The van der Waals surface area contributed by atoms with Gasteiger partial charge < -0.3 is 15.0 Å². The minimum Gasteiger partial charge on any atom is -0.496 e. The van der Waals surface area contributed by atoms with Crippen LogP contribution >= 0.6 is 0 Å². The monoisotopic (exact) mass is 371 g/mol. The maximum atomic E-state index is 12.7. The van der Waals surface area contributed by atoms with Crippen LogP contribution in [0.25, 0.3) is 0 Å². The fourth-order valence-corrected chi connectivity index (χ4v) is 2.85. The molecule has 2 amide bonds. The molecule has 2 rings (SSSR count). The van der Waals surface area contributed by atoms with Gasteiger partial charge in [-0.15, -0.1) is 0 Å². The van der Waals surface area contributed by atoms with Crippen molar-refractivity contribution >= 4 is 11.7 Å². The summed E-state index contributed by atoms with van der Waals surface area (Å²) in [6, 6.07) is 11.3. The van der Waals surface area contributed by atoms with Crippen LogP contribution in [0, 0.1) is 17.0 Å². The molecular formula is C20H25N3O4. The van der Waals surface area contributed by atoms with E-state index >= 15 is 0 Å². The molecule has 0 spiro atoms. The summed E-state index contributed by atoms with van der Waals surface area (Å²) in [5.74, 6) is 0.711. The standard InChI is InChI=1S/C20H25N3O4/c1-13-9-10-19(27-5)18(11-13)14(2)21-20(24)22(4)15(3)16-7-6-8-17(12-16)23(25)26/h6-12,14-15H,1-5H3,(H,21,24)/t14-,15-/m1/s1. The second-order valence-corrected chi connectivity index (χ2v) is 6.56. The van der Waals surface area contributed by atoms with Gasteiger partial charge in [-0.2, -0.15) is 0 Å². The van der Waals surface area contributed by atoms with Crippen molar-refractivity contribution in [2.45, 2.75) is 32.9 Å². The van der Waals surface area contributed by atoms with Gasteiger partial charge in [-0.05, 0) is 32.4 Å². The van der Waals surface area contributed by atoms with Gasteiger partial charge in [0.05, 0.1) is 24.1 Å². The molecule has 0 heterocycles. The van der Waals surface area contributed by atoms with Crippen molar-refractivity contribution in [3.8, 4) is 5.75 Å². The molecule has 2 aromatic carbocycles. The Kier molecular flexibility index (Phi) is 6.39. The van der Waals surface area contributed by atoms with E-state index in [4.69, 9.17) is 4.74 Å². The second-order valence-electron chi connectivity index (χ2n) is 6.56. The molecule has 0 fully saturated rings. The van der Waals surface area contributed by atoms with Gasteiger partial charge in [0.2, 0.25) is 0 Å². The number of nitrogens with one attached hydrogen (secondary N) is 1. The molecule has 0 saturated carbocycles. The van der Waals surface area contributed by atoms with Crippen molar-refractivity contribution < 1.29 is 14.5 Å². The third-order valence-corrected chi connectivity index (χ3v) is 4.66. The van der Waals surface area contributed by atoms with E-state index in [1.165, 1.54) is 17.0 Å². The van der Waals surface area contributed by atoms with Gasteiger partial charge in [-0.25, -0.2) is 4.79 Å². The molecule has 1 N–H and O–H groups in total. The summed E-state index contributed by atoms with van der Waals surface area (Å²) in [6.07, 6.45) is 0. The minimum absolute atomic E-state index is 0.00558. The number of aryl methyl sites for hydroxylation is 1. The number of ether oxygens (including phenoxy) is 1. The summed E-state index contributed by atoms with van der Waals surface area (Å²) in [6.45, 7) is 5.70. The molecule has 144 valence electrons. The van der Waals surface area contributed by atoms with Crippen LogP contribution in [-0.4, -0.2) is 30.0 Å². The van der Waals surface area contributed by atoms with E-state index in [9.17, 15) is 14.9 Å². The number of nitro groups is 1. The first-order valence-corrected chi connectivity index (χ1v) is 8.66. The molecule has 0 radical (unpaired) electrons. The fraction of sp³-hybridized carbons (Fsp3) is 0.350. The number of rotatable bonds is 6. The number of nitrogens with zero attached hydrogens (tertiary/aromatic N) is 2. The predicted octanol–water partition coefficient (Wildman–Crippen LogP) is 4.38. The smallest absolute Gasteiger partial charge is 0.318 e. The van der Waals surface area contributed by atoms with Gasteiger partial charge >= 0.3 is 6.03 Å². The molecule has 2 atom stereocenters. The lowest BCUT2D eigenvalue weighted by Gasteiger charge is -2.28. The number of amides is 2. The summed E-state index contributed by atoms with van der Waals surface area (Å²) in [4.78, 5) is 24.7. The molecular weight excluding hydrogens is 346 g/mol. The van der Waals surface area contributed by atoms with Crippen LogP contribution in [0.5, 0.6) is 5.75 Å². The third-order valence-electron chi connectivity index (χ3n) is 4.66. The highest BCUT2D eigenvalue weighted by Gasteiger charge is 2.22. The van der Waals surface area contributed by atoms with Gasteiger partial charge in [0, 0.05) is 24.7 Å². The quantitative estimate of drug-likeness (QED) is 0.603. The van der Waals surface area contributed by atoms with Gasteiger partial charge in [-0.3, -0.25) is 10.1 Å². The number of carbonyl (C=O) groups is 1. The zero-order valence-electron chi connectivity index (χ0n) is 16.2. The maximum Gasteiger partial charge on any atom is 0.318 e. The lowest BCUT2D eigenvalue weighted by molar-refractivity contribution is -0.384. The summed E-state index contributed by atoms with van der Waals surface area (Å²) < 4.78 is 5.39. The van der Waals surface area contributed by atoms with E-state index in [1.807, 2.05) is 39.0 Å². The Morgan fingerprint density at radius 2 is 1.93 bits per heavy atom. The number of benzene rings is 2. The maximum absolute atomic E-state index is 12.7. The first-order chi connectivity index (χ1) is 12.7. The minimum atomic E-state index is -0.442. The zero-order valence-corrected chi connectivity index (χ0v) is 16.2. The average molecular weight is 371 g/mol. The number of nitro benzene ring substituents is 1. The molecule has 7 heteroatoms. The second kappa shape index (κ2) is 8.53. The molecule has 0 bridgehead atoms. The first-order valence-electron chi connectivity index (χ1n) is 8.66. The molecule has 0 aliphatic carbocycles. The van der Waals surface area contributed by atoms with Crippen molar-refractivity contribution in [1.29, 1.82) is 0 Å². The van der Waals surface area contributed by atoms with Crippen molar-refractivity contribution in [2.24, 2.45) is 0 Å². The topological polar surface area (TPSA) is 84.7 Å². The van der Waals surface area contributed by atoms with Crippen molar-refractivity contribution in [3.05, 3.63) is 69.3 Å². The van der Waals surface area contributed by atoms with Crippen LogP contribution in [0.15, 0.2) is 42.5 Å². The summed E-state index contributed by atoms with van der Waals surface area (Å²) in [5.41, 5.74) is 2.67. The van der Waals surface area contributed by atoms with E-state index < -0.39 is 4.92 Å². The van der Waals surface area contributed by atoms with Crippen LogP contribution in [0.3, 0.4) is 0 Å². The van der Waals surface area contributed by atoms with Crippen LogP contribution in [0.4, 0.5) is 10.5 Å². The third kappa shape index (κ3) is 4.75. The van der Waals surface area contributed by atoms with E-state index in [-0.39, 0.29) is 23.8 Å². The Morgan fingerprint density at radius 3 is 2.56 bits per heavy atom. The molecule has 27 heavy (non-hydrogen) atoms. The number of hydrogen-bond donors (Lipinski definition) is 1. The van der Waals surface area contributed by atoms with Gasteiger partial charge in [0.15, 0.2) is 0 Å². The average Bonchev–Trinajstić information content (AvgIpc) is 2.66. The number of carbonyl (C=O) groups excluding carboxylic acids is 1. The highest BCUT2D eigenvalue weighted by molar-refractivity contribution is 5.75. The Hall–Kier alpha value is -3.09. The Bertz CT molecular complexity index is 838. The number of urea groups is 1. The number of non-ortho nitro benzene ring substituents is 1. The molecule has 0 aliphatic heterocycles. The lowest BCUT2D eigenvalue weighted by atomic mass is 10.0. The Balaban J connectivity index is 2.14. The van der Waals surface area contributed by atoms with Crippen LogP contribution < -0.4 is 10.1 Å². The molecule has 0 saturated heterocycles. The normalized spacial score (nSPS) is 12.8. The van der Waals surface area contributed by atoms with Gasteiger partial charge in [0.1, 0.15) is 5.75 Å². The lowest BCUT2D eigenvalue weighted by Crippen LogP contribution is -2.40. The molecule has 2 aromatic rings. The summed E-state index contributed by atoms with van der Waals surface area (Å²) in [5, 5.41) is 13.9. The first kappa shape index (κ1) is 20.2. The molecule has 7 nitrogen and oxygen atoms in total. The predicted molar refractivity (Wildman–Crippen MR) is 104 cm³/mol. The van der Waals surface area contributed by atoms with Crippen LogP contribution in [0.2, 0.25) is 0 Å². The summed E-state index contributed by atoms with van der Waals surface area (Å²) >= 11 is 0.